The van der Waals surface area contributed by atoms with E-state index in [0.29, 0.717) is 18.7 Å². The first-order valence-electron chi connectivity index (χ1n) is 8.26. The van der Waals surface area contributed by atoms with E-state index in [-0.39, 0.29) is 24.2 Å². The highest BCUT2D eigenvalue weighted by Gasteiger charge is 2.41. The van der Waals surface area contributed by atoms with E-state index in [4.69, 9.17) is 4.74 Å². The van der Waals surface area contributed by atoms with Gasteiger partial charge in [-0.2, -0.15) is 0 Å². The lowest BCUT2D eigenvalue weighted by atomic mass is 9.89. The van der Waals surface area contributed by atoms with E-state index < -0.39 is 11.9 Å². The molecule has 2 heterocycles. The third kappa shape index (κ3) is 3.47. The summed E-state index contributed by atoms with van der Waals surface area (Å²) in [4.78, 5) is 30.3. The van der Waals surface area contributed by atoms with E-state index >= 15 is 0 Å². The number of hydrogen-bond acceptors (Lipinski definition) is 4. The molecule has 1 fully saturated rings. The van der Waals surface area contributed by atoms with Crippen LogP contribution in [0.15, 0.2) is 48.7 Å². The van der Waals surface area contributed by atoms with Gasteiger partial charge in [-0.3, -0.25) is 9.59 Å². The molecule has 6 nitrogen and oxygen atoms in total. The fourth-order valence-electron chi connectivity index (χ4n) is 3.23. The average Bonchev–Trinajstić information content (AvgIpc) is 3.08. The zero-order chi connectivity index (χ0) is 17.8. The second-order valence-corrected chi connectivity index (χ2v) is 5.96. The quantitative estimate of drug-likeness (QED) is 0.904. The minimum atomic E-state index is -0.889. The number of benzene rings is 1. The molecule has 1 aromatic carbocycles. The van der Waals surface area contributed by atoms with Crippen molar-refractivity contribution in [2.75, 3.05) is 19.7 Å². The number of likely N-dealkylation sites (tertiary alicyclic amines) is 1. The monoisotopic (exact) mass is 340 g/mol. The first-order valence-corrected chi connectivity index (χ1v) is 8.26. The molecule has 1 saturated heterocycles. The average molecular weight is 340 g/mol. The number of amides is 1. The van der Waals surface area contributed by atoms with Crippen molar-refractivity contribution in [2.45, 2.75) is 12.8 Å². The van der Waals surface area contributed by atoms with Crippen molar-refractivity contribution in [3.8, 4) is 5.88 Å². The second-order valence-electron chi connectivity index (χ2n) is 5.96. The Labute approximate surface area is 146 Å². The van der Waals surface area contributed by atoms with Gasteiger partial charge in [0.2, 0.25) is 5.88 Å². The minimum Gasteiger partial charge on any atom is -0.481 e. The van der Waals surface area contributed by atoms with E-state index in [1.54, 1.807) is 23.2 Å². The summed E-state index contributed by atoms with van der Waals surface area (Å²) in [6, 6.07) is 12.8. The first kappa shape index (κ1) is 17.0. The number of pyridine rings is 1. The molecule has 1 N–H and O–H groups in total. The van der Waals surface area contributed by atoms with Crippen LogP contribution in [0.5, 0.6) is 5.88 Å². The van der Waals surface area contributed by atoms with Crippen LogP contribution in [0.3, 0.4) is 0 Å². The number of carbonyl (C=O) groups excluding carboxylic acids is 1. The lowest BCUT2D eigenvalue weighted by Gasteiger charge is -2.18. The van der Waals surface area contributed by atoms with Gasteiger partial charge in [0.05, 0.1) is 12.5 Å². The number of aliphatic carboxylic acids is 1. The number of nitrogens with zero attached hydrogens (tertiary/aromatic N) is 2. The van der Waals surface area contributed by atoms with Crippen LogP contribution in [-0.4, -0.2) is 46.6 Å². The van der Waals surface area contributed by atoms with Crippen molar-refractivity contribution in [3.05, 3.63) is 59.8 Å². The second kappa shape index (κ2) is 7.34. The van der Waals surface area contributed by atoms with Gasteiger partial charge >= 0.3 is 5.97 Å². The van der Waals surface area contributed by atoms with E-state index in [9.17, 15) is 14.7 Å². The topological polar surface area (TPSA) is 79.7 Å². The van der Waals surface area contributed by atoms with Gasteiger partial charge in [0.1, 0.15) is 5.56 Å². The Bertz CT molecular complexity index is 763. The van der Waals surface area contributed by atoms with Gasteiger partial charge < -0.3 is 14.7 Å². The fourth-order valence-corrected chi connectivity index (χ4v) is 3.23. The van der Waals surface area contributed by atoms with Gasteiger partial charge in [-0.1, -0.05) is 30.3 Å². The molecule has 130 valence electrons. The maximum Gasteiger partial charge on any atom is 0.308 e. The van der Waals surface area contributed by atoms with Crippen molar-refractivity contribution in [3.63, 3.8) is 0 Å². The molecule has 1 aromatic heterocycles. The summed E-state index contributed by atoms with van der Waals surface area (Å²) in [5, 5.41) is 9.58. The third-order valence-corrected chi connectivity index (χ3v) is 4.43. The van der Waals surface area contributed by atoms with E-state index in [0.717, 1.165) is 5.56 Å². The number of rotatable bonds is 5. The smallest absolute Gasteiger partial charge is 0.308 e. The fraction of sp³-hybridized carbons (Fsp3) is 0.316. The van der Waals surface area contributed by atoms with Crippen molar-refractivity contribution in [1.82, 2.24) is 9.88 Å². The number of hydrogen-bond donors (Lipinski definition) is 1. The molecule has 3 rings (SSSR count). The van der Waals surface area contributed by atoms with Crippen LogP contribution >= 0.6 is 0 Å². The predicted molar refractivity (Wildman–Crippen MR) is 91.6 cm³/mol. The Hall–Kier alpha value is -2.89. The SMILES string of the molecule is CCOc1ncccc1C(=O)N1C[C@H](C(=O)O)[C@H](c2ccccc2)C1. The highest BCUT2D eigenvalue weighted by molar-refractivity contribution is 5.97. The number of carbonyl (C=O) groups is 2. The molecular formula is C19H20N2O4. The molecular weight excluding hydrogens is 320 g/mol. The van der Waals surface area contributed by atoms with Crippen LogP contribution in [0, 0.1) is 5.92 Å². The molecule has 2 atom stereocenters. The van der Waals surface area contributed by atoms with Gasteiger partial charge in [-0.25, -0.2) is 4.98 Å². The van der Waals surface area contributed by atoms with E-state index in [1.807, 2.05) is 37.3 Å². The number of carboxylic acids is 1. The lowest BCUT2D eigenvalue weighted by Crippen LogP contribution is -2.30. The highest BCUT2D eigenvalue weighted by Crippen LogP contribution is 2.34. The zero-order valence-corrected chi connectivity index (χ0v) is 14.0. The van der Waals surface area contributed by atoms with Crippen molar-refractivity contribution in [1.29, 1.82) is 0 Å². The summed E-state index contributed by atoms with van der Waals surface area (Å²) in [6.07, 6.45) is 1.57. The molecule has 1 aliphatic rings. The van der Waals surface area contributed by atoms with Gasteiger partial charge in [0.25, 0.3) is 5.91 Å². The Morgan fingerprint density at radius 2 is 1.96 bits per heavy atom. The molecule has 0 aliphatic carbocycles. The molecule has 0 saturated carbocycles. The maximum absolute atomic E-state index is 12.9. The maximum atomic E-state index is 12.9. The molecule has 0 spiro atoms. The van der Waals surface area contributed by atoms with Crippen LogP contribution in [-0.2, 0) is 4.79 Å². The van der Waals surface area contributed by atoms with Crippen LogP contribution in [0.2, 0.25) is 0 Å². The molecule has 1 amide bonds. The minimum absolute atomic E-state index is 0.175. The Kier molecular flexibility index (Phi) is 4.97. The van der Waals surface area contributed by atoms with Gasteiger partial charge in [-0.15, -0.1) is 0 Å². The van der Waals surface area contributed by atoms with Gasteiger partial charge in [-0.05, 0) is 24.6 Å². The Morgan fingerprint density at radius 1 is 1.20 bits per heavy atom. The normalized spacial score (nSPS) is 19.6. The number of carboxylic acid groups (broad SMARTS) is 1. The number of aromatic nitrogens is 1. The van der Waals surface area contributed by atoms with Crippen LogP contribution in [0.4, 0.5) is 0 Å². The van der Waals surface area contributed by atoms with Gasteiger partial charge in [0, 0.05) is 25.2 Å². The van der Waals surface area contributed by atoms with Crippen molar-refractivity contribution >= 4 is 11.9 Å². The third-order valence-electron chi connectivity index (χ3n) is 4.43. The van der Waals surface area contributed by atoms with Crippen molar-refractivity contribution in [2.24, 2.45) is 5.92 Å². The molecule has 2 aromatic rings. The van der Waals surface area contributed by atoms with Crippen molar-refractivity contribution < 1.29 is 19.4 Å². The van der Waals surface area contributed by atoms with E-state index in [1.165, 1.54) is 0 Å². The number of ether oxygens (including phenoxy) is 1. The molecule has 0 bridgehead atoms. The Morgan fingerprint density at radius 3 is 2.64 bits per heavy atom. The summed E-state index contributed by atoms with van der Waals surface area (Å²) in [5.74, 6) is -1.71. The molecule has 0 unspecified atom stereocenters. The standard InChI is InChI=1S/C19H20N2O4/c1-2-25-17-14(9-6-10-20-17)18(22)21-11-15(16(12-21)19(23)24)13-7-4-3-5-8-13/h3-10,15-16H,2,11-12H2,1H3,(H,23,24)/t15-,16-/m0/s1. The highest BCUT2D eigenvalue weighted by atomic mass is 16.5. The van der Waals surface area contributed by atoms with Crippen LogP contribution in [0.1, 0.15) is 28.8 Å². The summed E-state index contributed by atoms with van der Waals surface area (Å²) in [5.41, 5.74) is 1.30. The molecule has 0 radical (unpaired) electrons. The van der Waals surface area contributed by atoms with Crippen LogP contribution in [0.25, 0.3) is 0 Å². The zero-order valence-electron chi connectivity index (χ0n) is 14.0. The summed E-state index contributed by atoms with van der Waals surface area (Å²) in [6.45, 7) is 2.76. The largest absolute Gasteiger partial charge is 0.481 e. The summed E-state index contributed by atoms with van der Waals surface area (Å²) < 4.78 is 5.43. The summed E-state index contributed by atoms with van der Waals surface area (Å²) >= 11 is 0. The van der Waals surface area contributed by atoms with Crippen LogP contribution < -0.4 is 4.74 Å². The predicted octanol–water partition coefficient (Wildman–Crippen LogP) is 2.42. The van der Waals surface area contributed by atoms with Gasteiger partial charge in [0.15, 0.2) is 0 Å². The summed E-state index contributed by atoms with van der Waals surface area (Å²) in [7, 11) is 0. The molecule has 25 heavy (non-hydrogen) atoms. The molecule has 1 aliphatic heterocycles. The Balaban J connectivity index is 1.87. The first-order chi connectivity index (χ1) is 12.1. The lowest BCUT2D eigenvalue weighted by molar-refractivity contribution is -0.141. The molecule has 6 heteroatoms. The van der Waals surface area contributed by atoms with E-state index in [2.05, 4.69) is 4.98 Å².